The Morgan fingerprint density at radius 1 is 1.45 bits per heavy atom. The van der Waals surface area contributed by atoms with Crippen LogP contribution >= 0.6 is 0 Å². The predicted molar refractivity (Wildman–Crippen MR) is 83.7 cm³/mol. The first kappa shape index (κ1) is 18.1. The maximum Gasteiger partial charge on any atom is 0.390 e. The maximum absolute atomic E-state index is 12.3. The summed E-state index contributed by atoms with van der Waals surface area (Å²) in [6.07, 6.45) is 0.525. The lowest BCUT2D eigenvalue weighted by atomic mass is 10.2. The maximum atomic E-state index is 12.3. The lowest BCUT2D eigenvalue weighted by Crippen LogP contribution is -2.38. The molecule has 8 nitrogen and oxygen atoms in total. The molecule has 0 saturated carbocycles. The minimum absolute atomic E-state index is 0.157. The van der Waals surface area contributed by atoms with Gasteiger partial charge in [-0.05, 0) is 31.4 Å². The summed E-state index contributed by atoms with van der Waals surface area (Å²) in [6.45, 7) is 10.9. The summed E-state index contributed by atoms with van der Waals surface area (Å²) >= 11 is 0. The van der Waals surface area contributed by atoms with Gasteiger partial charge in [-0.15, -0.1) is 0 Å². The van der Waals surface area contributed by atoms with Gasteiger partial charge in [0.1, 0.15) is 0 Å². The zero-order valence-electron chi connectivity index (χ0n) is 13.7. The number of hydrogen-bond acceptors (Lipinski definition) is 5. The van der Waals surface area contributed by atoms with Crippen LogP contribution in [-0.4, -0.2) is 51.7 Å². The van der Waals surface area contributed by atoms with Crippen LogP contribution in [0.1, 0.15) is 38.9 Å². The van der Waals surface area contributed by atoms with E-state index in [4.69, 9.17) is 0 Å². The number of nitrogens with zero attached hydrogens (tertiary/aromatic N) is 4. The van der Waals surface area contributed by atoms with E-state index >= 15 is 0 Å². The average Bonchev–Trinajstić information content (AvgIpc) is 2.87. The Bertz CT molecular complexity index is 511. The van der Waals surface area contributed by atoms with Gasteiger partial charge in [0, 0.05) is 13.1 Å². The topological polar surface area (TPSA) is 93.3 Å². The smallest absolute Gasteiger partial charge is 0.358 e. The first-order valence-electron chi connectivity index (χ1n) is 7.65. The van der Waals surface area contributed by atoms with Gasteiger partial charge in [0.05, 0.1) is 16.9 Å². The molecule has 0 fully saturated rings. The molecule has 0 saturated heterocycles. The highest BCUT2D eigenvalue weighted by Crippen LogP contribution is 2.18. The number of nitrogens with one attached hydrogen (secondary N) is 1. The van der Waals surface area contributed by atoms with Crippen LogP contribution in [0.5, 0.6) is 0 Å². The van der Waals surface area contributed by atoms with Crippen molar-refractivity contribution in [3.63, 3.8) is 0 Å². The summed E-state index contributed by atoms with van der Waals surface area (Å²) in [4.78, 5) is 24.8. The molecule has 0 aliphatic carbocycles. The lowest BCUT2D eigenvalue weighted by Gasteiger charge is -2.19. The molecule has 1 aromatic heterocycles. The number of hydrogen-bond donors (Lipinski definition) is 1. The molecule has 0 aromatic carbocycles. The predicted octanol–water partition coefficient (Wildman–Crippen LogP) is 1.51. The van der Waals surface area contributed by atoms with Crippen LogP contribution in [-0.2, 0) is 4.79 Å². The van der Waals surface area contributed by atoms with E-state index in [1.54, 1.807) is 6.92 Å². The van der Waals surface area contributed by atoms with Crippen molar-refractivity contribution in [2.45, 2.75) is 40.2 Å². The van der Waals surface area contributed by atoms with Gasteiger partial charge < -0.3 is 20.3 Å². The van der Waals surface area contributed by atoms with E-state index in [1.165, 1.54) is 10.7 Å². The summed E-state index contributed by atoms with van der Waals surface area (Å²) in [5.41, 5.74) is 0.609. The van der Waals surface area contributed by atoms with Crippen LogP contribution in [0.15, 0.2) is 6.07 Å². The number of aromatic nitrogens is 2. The summed E-state index contributed by atoms with van der Waals surface area (Å²) in [7, 11) is 0. The fraction of sp³-hybridized carbons (Fsp3) is 0.714. The zero-order chi connectivity index (χ0) is 16.7. The molecule has 1 amide bonds. The van der Waals surface area contributed by atoms with Crippen LogP contribution in [0.3, 0.4) is 0 Å². The van der Waals surface area contributed by atoms with E-state index in [0.29, 0.717) is 18.7 Å². The van der Waals surface area contributed by atoms with Crippen molar-refractivity contribution >= 4 is 11.7 Å². The molecular formula is C14H25N5O3. The van der Waals surface area contributed by atoms with Gasteiger partial charge in [-0.2, -0.15) is 4.68 Å². The fourth-order valence-electron chi connectivity index (χ4n) is 2.34. The monoisotopic (exact) mass is 311 g/mol. The number of amides is 1. The number of likely N-dealkylation sites (N-methyl/N-ethyl adjacent to an activating group) is 1. The molecule has 124 valence electrons. The molecule has 22 heavy (non-hydrogen) atoms. The molecule has 0 bridgehead atoms. The van der Waals surface area contributed by atoms with Gasteiger partial charge in [0.2, 0.25) is 5.91 Å². The fourth-order valence-corrected chi connectivity index (χ4v) is 2.34. The molecule has 0 radical (unpaired) electrons. The first-order chi connectivity index (χ1) is 10.4. The van der Waals surface area contributed by atoms with Crippen molar-refractivity contribution in [3.05, 3.63) is 21.9 Å². The summed E-state index contributed by atoms with van der Waals surface area (Å²) in [5.74, 6) is -0.386. The van der Waals surface area contributed by atoms with Crippen molar-refractivity contribution < 1.29 is 9.72 Å². The standard InChI is InChI=1S/C14H25N5O3/c1-5-12(14(20)15-8-9-17(6-2)7-3)18-11(4)10-13(16-18)19(21)22/h10,12H,5-9H2,1-4H3,(H,15,20). The second-order valence-corrected chi connectivity index (χ2v) is 5.09. The second kappa shape index (κ2) is 8.47. The van der Waals surface area contributed by atoms with Gasteiger partial charge in [-0.3, -0.25) is 4.79 Å². The van der Waals surface area contributed by atoms with Crippen molar-refractivity contribution in [1.82, 2.24) is 20.0 Å². The molecular weight excluding hydrogens is 286 g/mol. The third-order valence-electron chi connectivity index (χ3n) is 3.70. The second-order valence-electron chi connectivity index (χ2n) is 5.09. The molecule has 1 N–H and O–H groups in total. The van der Waals surface area contributed by atoms with Gasteiger partial charge in [-0.1, -0.05) is 20.8 Å². The molecule has 0 spiro atoms. The third-order valence-corrected chi connectivity index (χ3v) is 3.70. The summed E-state index contributed by atoms with van der Waals surface area (Å²) in [5, 5.41) is 17.6. The number of rotatable bonds is 9. The van der Waals surface area contributed by atoms with E-state index < -0.39 is 11.0 Å². The Hall–Kier alpha value is -1.96. The number of nitro groups is 1. The van der Waals surface area contributed by atoms with Crippen molar-refractivity contribution in [2.24, 2.45) is 0 Å². The van der Waals surface area contributed by atoms with Crippen LogP contribution < -0.4 is 5.32 Å². The van der Waals surface area contributed by atoms with Gasteiger partial charge >= 0.3 is 5.82 Å². The minimum Gasteiger partial charge on any atom is -0.358 e. The Morgan fingerprint density at radius 2 is 2.09 bits per heavy atom. The van der Waals surface area contributed by atoms with Crippen molar-refractivity contribution in [2.75, 3.05) is 26.2 Å². The van der Waals surface area contributed by atoms with E-state index in [9.17, 15) is 14.9 Å². The molecule has 0 aliphatic heterocycles. The van der Waals surface area contributed by atoms with Crippen molar-refractivity contribution in [3.8, 4) is 0 Å². The highest BCUT2D eigenvalue weighted by molar-refractivity contribution is 5.80. The lowest BCUT2D eigenvalue weighted by molar-refractivity contribution is -0.389. The Kier molecular flexibility index (Phi) is 6.97. The quantitative estimate of drug-likeness (QED) is 0.551. The van der Waals surface area contributed by atoms with E-state index in [1.807, 2.05) is 6.92 Å². The number of carbonyl (C=O) groups excluding carboxylic acids is 1. The molecule has 1 rings (SSSR count). The zero-order valence-corrected chi connectivity index (χ0v) is 13.7. The first-order valence-corrected chi connectivity index (χ1v) is 7.65. The summed E-state index contributed by atoms with van der Waals surface area (Å²) in [6, 6.07) is 0.858. The third kappa shape index (κ3) is 4.52. The van der Waals surface area contributed by atoms with Crippen LogP contribution in [0, 0.1) is 17.0 Å². The van der Waals surface area contributed by atoms with E-state index in [0.717, 1.165) is 19.6 Å². The number of aryl methyl sites for hydroxylation is 1. The number of carbonyl (C=O) groups is 1. The molecule has 1 aromatic rings. The molecule has 8 heteroatoms. The molecule has 1 unspecified atom stereocenters. The normalized spacial score (nSPS) is 12.4. The summed E-state index contributed by atoms with van der Waals surface area (Å²) < 4.78 is 1.44. The minimum atomic E-state index is -0.547. The van der Waals surface area contributed by atoms with Crippen LogP contribution in [0.25, 0.3) is 0 Å². The van der Waals surface area contributed by atoms with Gasteiger partial charge in [0.15, 0.2) is 6.04 Å². The van der Waals surface area contributed by atoms with Crippen LogP contribution in [0.2, 0.25) is 0 Å². The van der Waals surface area contributed by atoms with Crippen LogP contribution in [0.4, 0.5) is 5.82 Å². The Morgan fingerprint density at radius 3 is 2.55 bits per heavy atom. The van der Waals surface area contributed by atoms with Gasteiger partial charge in [0.25, 0.3) is 0 Å². The van der Waals surface area contributed by atoms with E-state index in [2.05, 4.69) is 29.2 Å². The molecule has 1 atom stereocenters. The molecule has 0 aliphatic rings. The highest BCUT2D eigenvalue weighted by Gasteiger charge is 2.26. The van der Waals surface area contributed by atoms with Crippen molar-refractivity contribution in [1.29, 1.82) is 0 Å². The highest BCUT2D eigenvalue weighted by atomic mass is 16.6. The van der Waals surface area contributed by atoms with E-state index in [-0.39, 0.29) is 11.7 Å². The molecule has 1 heterocycles. The van der Waals surface area contributed by atoms with Gasteiger partial charge in [-0.25, -0.2) is 0 Å². The SMILES string of the molecule is CCC(C(=O)NCCN(CC)CC)n1nc([N+](=O)[O-])cc1C. The largest absolute Gasteiger partial charge is 0.390 e. The Labute approximate surface area is 130 Å². The average molecular weight is 311 g/mol. The Balaban J connectivity index is 2.70.